The highest BCUT2D eigenvalue weighted by molar-refractivity contribution is 9.09. The van der Waals surface area contributed by atoms with Crippen molar-refractivity contribution in [1.29, 1.82) is 0 Å². The average Bonchev–Trinajstić information content (AvgIpc) is 2.28. The molecule has 1 heteroatoms. The maximum Gasteiger partial charge on any atom is 0.00879 e. The second-order valence-electron chi connectivity index (χ2n) is 8.06. The molecule has 0 bridgehead atoms. The lowest BCUT2D eigenvalue weighted by Gasteiger charge is -2.43. The maximum atomic E-state index is 3.81. The van der Waals surface area contributed by atoms with Crippen LogP contribution >= 0.6 is 15.9 Å². The maximum absolute atomic E-state index is 3.81. The van der Waals surface area contributed by atoms with E-state index in [0.29, 0.717) is 10.8 Å². The van der Waals surface area contributed by atoms with E-state index in [1.165, 1.54) is 50.3 Å². The normalized spacial score (nSPS) is 29.8. The van der Waals surface area contributed by atoms with Gasteiger partial charge in [0.1, 0.15) is 0 Å². The van der Waals surface area contributed by atoms with Gasteiger partial charge in [-0.25, -0.2) is 0 Å². The third-order valence-electron chi connectivity index (χ3n) is 5.04. The zero-order valence-corrected chi connectivity index (χ0v) is 14.8. The van der Waals surface area contributed by atoms with Crippen molar-refractivity contribution in [3.05, 3.63) is 0 Å². The molecule has 1 aliphatic carbocycles. The van der Waals surface area contributed by atoms with Crippen LogP contribution in [0.5, 0.6) is 0 Å². The van der Waals surface area contributed by atoms with Crippen LogP contribution in [0.15, 0.2) is 0 Å². The van der Waals surface area contributed by atoms with E-state index in [9.17, 15) is 0 Å². The fraction of sp³-hybridized carbons (Fsp3) is 1.00. The Balaban J connectivity index is 2.44. The summed E-state index contributed by atoms with van der Waals surface area (Å²) in [6.07, 6.45) is 10.0. The van der Waals surface area contributed by atoms with Gasteiger partial charge < -0.3 is 0 Å². The van der Waals surface area contributed by atoms with Crippen molar-refractivity contribution in [2.45, 2.75) is 79.6 Å². The Hall–Kier alpha value is 0.480. The van der Waals surface area contributed by atoms with Crippen LogP contribution in [0.1, 0.15) is 79.6 Å². The minimum atomic E-state index is 0.510. The molecule has 1 saturated carbocycles. The van der Waals surface area contributed by atoms with Gasteiger partial charge >= 0.3 is 0 Å². The van der Waals surface area contributed by atoms with Crippen LogP contribution in [0, 0.1) is 22.7 Å². The van der Waals surface area contributed by atoms with Crippen molar-refractivity contribution in [3.63, 3.8) is 0 Å². The summed E-state index contributed by atoms with van der Waals surface area (Å²) in [6, 6.07) is 0. The molecule has 0 saturated heterocycles. The summed E-state index contributed by atoms with van der Waals surface area (Å²) in [5.41, 5.74) is 1.13. The van der Waals surface area contributed by atoms with Gasteiger partial charge in [-0.1, -0.05) is 63.4 Å². The molecule has 1 rings (SSSR count). The van der Waals surface area contributed by atoms with Crippen LogP contribution < -0.4 is 0 Å². The second-order valence-corrected chi connectivity index (χ2v) is 8.62. The first-order valence-electron chi connectivity index (χ1n) is 7.85. The molecule has 0 aliphatic heterocycles. The van der Waals surface area contributed by atoms with Crippen molar-refractivity contribution < 1.29 is 0 Å². The fourth-order valence-corrected chi connectivity index (χ4v) is 4.27. The number of hydrogen-bond donors (Lipinski definition) is 0. The molecule has 0 amide bonds. The van der Waals surface area contributed by atoms with Gasteiger partial charge in [-0.05, 0) is 54.8 Å². The Kier molecular flexibility index (Phi) is 6.22. The zero-order chi connectivity index (χ0) is 13.8. The summed E-state index contributed by atoms with van der Waals surface area (Å²) in [7, 11) is 0. The summed E-state index contributed by atoms with van der Waals surface area (Å²) in [6.45, 7) is 11.9. The Morgan fingerprint density at radius 3 is 2.11 bits per heavy atom. The predicted molar refractivity (Wildman–Crippen MR) is 86.3 cm³/mol. The van der Waals surface area contributed by atoms with Crippen LogP contribution in [-0.2, 0) is 0 Å². The van der Waals surface area contributed by atoms with Gasteiger partial charge in [-0.15, -0.1) is 0 Å². The molecule has 0 nitrogen and oxygen atoms in total. The van der Waals surface area contributed by atoms with Crippen molar-refractivity contribution in [2.75, 3.05) is 5.33 Å². The molecule has 0 aromatic carbocycles. The molecule has 1 aliphatic rings. The third kappa shape index (κ3) is 4.87. The minimum Gasteiger partial charge on any atom is -0.0922 e. The molecule has 0 aromatic heterocycles. The van der Waals surface area contributed by atoms with Gasteiger partial charge in [0, 0.05) is 5.33 Å². The van der Waals surface area contributed by atoms with Gasteiger partial charge in [0.05, 0.1) is 0 Å². The van der Waals surface area contributed by atoms with Gasteiger partial charge in [0.15, 0.2) is 0 Å². The Labute approximate surface area is 123 Å². The lowest BCUT2D eigenvalue weighted by molar-refractivity contribution is 0.0948. The summed E-state index contributed by atoms with van der Waals surface area (Å²) >= 11 is 3.81. The first-order chi connectivity index (χ1) is 8.29. The van der Waals surface area contributed by atoms with Crippen molar-refractivity contribution >= 4 is 15.9 Å². The van der Waals surface area contributed by atoms with Gasteiger partial charge in [0.25, 0.3) is 0 Å². The van der Waals surface area contributed by atoms with E-state index in [1.54, 1.807) is 0 Å². The Bertz CT molecular complexity index is 228. The van der Waals surface area contributed by atoms with E-state index in [-0.39, 0.29) is 0 Å². The monoisotopic (exact) mass is 316 g/mol. The average molecular weight is 317 g/mol. The standard InChI is InChI=1S/C17H33Br/c1-14(2)7-6-10-17(13-18)11-8-15(9-12-17)16(3,4)5/h14-15H,6-13H2,1-5H3. The molecular weight excluding hydrogens is 284 g/mol. The minimum absolute atomic E-state index is 0.510. The number of alkyl halides is 1. The molecular formula is C17H33Br. The van der Waals surface area contributed by atoms with E-state index < -0.39 is 0 Å². The van der Waals surface area contributed by atoms with E-state index in [4.69, 9.17) is 0 Å². The number of hydrogen-bond acceptors (Lipinski definition) is 0. The van der Waals surface area contributed by atoms with Crippen molar-refractivity contribution in [2.24, 2.45) is 22.7 Å². The largest absolute Gasteiger partial charge is 0.0922 e. The van der Waals surface area contributed by atoms with Crippen LogP contribution in [0.25, 0.3) is 0 Å². The molecule has 0 spiro atoms. The number of halogens is 1. The molecule has 0 unspecified atom stereocenters. The third-order valence-corrected chi connectivity index (χ3v) is 6.23. The van der Waals surface area contributed by atoms with E-state index in [1.807, 2.05) is 0 Å². The summed E-state index contributed by atoms with van der Waals surface area (Å²) in [5.74, 6) is 1.80. The summed E-state index contributed by atoms with van der Waals surface area (Å²) in [4.78, 5) is 0. The smallest absolute Gasteiger partial charge is 0.00879 e. The van der Waals surface area contributed by atoms with Gasteiger partial charge in [0.2, 0.25) is 0 Å². The van der Waals surface area contributed by atoms with Crippen molar-refractivity contribution in [1.82, 2.24) is 0 Å². The lowest BCUT2D eigenvalue weighted by atomic mass is 9.63. The van der Waals surface area contributed by atoms with Crippen LogP contribution in [0.4, 0.5) is 0 Å². The SMILES string of the molecule is CC(C)CCCC1(CBr)CCC(C(C)(C)C)CC1. The highest BCUT2D eigenvalue weighted by Gasteiger charge is 2.37. The topological polar surface area (TPSA) is 0 Å². The molecule has 18 heavy (non-hydrogen) atoms. The van der Waals surface area contributed by atoms with E-state index in [0.717, 1.165) is 11.8 Å². The van der Waals surface area contributed by atoms with Crippen LogP contribution in [-0.4, -0.2) is 5.33 Å². The molecule has 108 valence electrons. The molecule has 0 heterocycles. The highest BCUT2D eigenvalue weighted by Crippen LogP contribution is 2.48. The Morgan fingerprint density at radius 2 is 1.72 bits per heavy atom. The highest BCUT2D eigenvalue weighted by atomic mass is 79.9. The second kappa shape index (κ2) is 6.77. The first-order valence-corrected chi connectivity index (χ1v) is 8.97. The summed E-state index contributed by atoms with van der Waals surface area (Å²) in [5, 5.41) is 1.22. The predicted octanol–water partition coefficient (Wildman–Crippen LogP) is 6.43. The first kappa shape index (κ1) is 16.5. The van der Waals surface area contributed by atoms with Crippen LogP contribution in [0.3, 0.4) is 0 Å². The lowest BCUT2D eigenvalue weighted by Crippen LogP contribution is -2.33. The zero-order valence-electron chi connectivity index (χ0n) is 13.2. The van der Waals surface area contributed by atoms with E-state index in [2.05, 4.69) is 50.5 Å². The van der Waals surface area contributed by atoms with E-state index >= 15 is 0 Å². The van der Waals surface area contributed by atoms with Crippen LogP contribution in [0.2, 0.25) is 0 Å². The molecule has 0 radical (unpaired) electrons. The van der Waals surface area contributed by atoms with Crippen molar-refractivity contribution in [3.8, 4) is 0 Å². The molecule has 0 aromatic rings. The fourth-order valence-electron chi connectivity index (χ4n) is 3.43. The summed E-state index contributed by atoms with van der Waals surface area (Å²) < 4.78 is 0. The molecule has 0 atom stereocenters. The van der Waals surface area contributed by atoms with Gasteiger partial charge in [-0.2, -0.15) is 0 Å². The van der Waals surface area contributed by atoms with Gasteiger partial charge in [-0.3, -0.25) is 0 Å². The quantitative estimate of drug-likeness (QED) is 0.512. The molecule has 1 fully saturated rings. The Morgan fingerprint density at radius 1 is 1.17 bits per heavy atom. The molecule has 0 N–H and O–H groups in total. The number of rotatable bonds is 5.